The molecule has 1 aliphatic carbocycles. The van der Waals surface area contributed by atoms with E-state index in [1.165, 1.54) is 38.5 Å². The van der Waals surface area contributed by atoms with Crippen LogP contribution in [0.3, 0.4) is 0 Å². The number of rotatable bonds is 4. The predicted octanol–water partition coefficient (Wildman–Crippen LogP) is 2.11. The molecule has 2 fully saturated rings. The topological polar surface area (TPSA) is 116 Å². The standard InChI is InChI=1S/C15H30N4O.C2HF3O2/c16-15(8-4-2-5-9-15)12-19-14(20)18-11-13-7-3-1-6-10-17-13;3-2(4,5)1(6)7/h13,17H,1-12,16H2,(H2,18,19,20);(H,6,7). The molecule has 0 radical (unpaired) electrons. The summed E-state index contributed by atoms with van der Waals surface area (Å²) in [5.41, 5.74) is 6.13. The van der Waals surface area contributed by atoms with Crippen LogP contribution in [-0.4, -0.2) is 54.5 Å². The van der Waals surface area contributed by atoms with Gasteiger partial charge in [0.15, 0.2) is 0 Å². The summed E-state index contributed by atoms with van der Waals surface area (Å²) in [7, 11) is 0. The zero-order valence-electron chi connectivity index (χ0n) is 15.5. The van der Waals surface area contributed by atoms with Crippen molar-refractivity contribution in [1.29, 1.82) is 0 Å². The van der Waals surface area contributed by atoms with Crippen molar-refractivity contribution in [2.24, 2.45) is 5.73 Å². The molecule has 7 nitrogen and oxygen atoms in total. The quantitative estimate of drug-likeness (QED) is 0.499. The Bertz CT molecular complexity index is 461. The average Bonchev–Trinajstić information content (AvgIpc) is 2.87. The van der Waals surface area contributed by atoms with Crippen molar-refractivity contribution in [2.45, 2.75) is 75.5 Å². The maximum Gasteiger partial charge on any atom is 0.490 e. The third-order valence-electron chi connectivity index (χ3n) is 4.86. The number of halogens is 3. The number of carboxylic acids is 1. The summed E-state index contributed by atoms with van der Waals surface area (Å²) >= 11 is 0. The van der Waals surface area contributed by atoms with Crippen LogP contribution in [0.2, 0.25) is 0 Å². The molecule has 0 spiro atoms. The second kappa shape index (κ2) is 11.3. The van der Waals surface area contributed by atoms with E-state index in [-0.39, 0.29) is 11.6 Å². The smallest absolute Gasteiger partial charge is 0.475 e. The number of alkyl halides is 3. The van der Waals surface area contributed by atoms with E-state index in [1.54, 1.807) is 0 Å². The van der Waals surface area contributed by atoms with Gasteiger partial charge >= 0.3 is 18.2 Å². The first-order valence-corrected chi connectivity index (χ1v) is 9.46. The second-order valence-electron chi connectivity index (χ2n) is 7.29. The first-order valence-electron chi connectivity index (χ1n) is 9.46. The molecule has 0 aromatic rings. The minimum atomic E-state index is -5.08. The SMILES string of the molecule is NC1(CNC(=O)NCC2CCCCCN2)CCCCC1.O=C(O)C(F)(F)F. The second-order valence-corrected chi connectivity index (χ2v) is 7.29. The summed E-state index contributed by atoms with van der Waals surface area (Å²) < 4.78 is 31.7. The zero-order valence-corrected chi connectivity index (χ0v) is 15.5. The molecule has 1 atom stereocenters. The Morgan fingerprint density at radius 2 is 1.67 bits per heavy atom. The highest BCUT2D eigenvalue weighted by Gasteiger charge is 2.38. The fourth-order valence-electron chi connectivity index (χ4n) is 3.24. The largest absolute Gasteiger partial charge is 0.490 e. The van der Waals surface area contributed by atoms with Crippen LogP contribution < -0.4 is 21.7 Å². The number of carbonyl (C=O) groups is 2. The van der Waals surface area contributed by atoms with Gasteiger partial charge < -0.3 is 26.8 Å². The summed E-state index contributed by atoms with van der Waals surface area (Å²) in [5, 5.41) is 16.5. The molecular formula is C17H31F3N4O3. The number of urea groups is 1. The van der Waals surface area contributed by atoms with Gasteiger partial charge in [0.25, 0.3) is 0 Å². The maximum absolute atomic E-state index is 11.9. The molecule has 2 amide bonds. The molecular weight excluding hydrogens is 365 g/mol. The lowest BCUT2D eigenvalue weighted by Crippen LogP contribution is -2.54. The van der Waals surface area contributed by atoms with Crippen LogP contribution in [-0.2, 0) is 4.79 Å². The van der Waals surface area contributed by atoms with Crippen molar-refractivity contribution >= 4 is 12.0 Å². The van der Waals surface area contributed by atoms with Gasteiger partial charge in [-0.3, -0.25) is 0 Å². The lowest BCUT2D eigenvalue weighted by atomic mass is 9.82. The molecule has 0 bridgehead atoms. The molecule has 1 saturated heterocycles. The Kier molecular flexibility index (Phi) is 9.86. The molecule has 6 N–H and O–H groups in total. The summed E-state index contributed by atoms with van der Waals surface area (Å²) in [5.74, 6) is -2.76. The van der Waals surface area contributed by atoms with Gasteiger partial charge in [0.1, 0.15) is 0 Å². The van der Waals surface area contributed by atoms with Crippen LogP contribution in [0.1, 0.15) is 57.8 Å². The molecule has 0 aromatic carbocycles. The minimum absolute atomic E-state index is 0.0774. The van der Waals surface area contributed by atoms with E-state index >= 15 is 0 Å². The van der Waals surface area contributed by atoms with Crippen LogP contribution in [0.4, 0.5) is 18.0 Å². The molecule has 0 aromatic heterocycles. The summed E-state index contributed by atoms with van der Waals surface area (Å²) in [4.78, 5) is 20.7. The van der Waals surface area contributed by atoms with E-state index in [1.807, 2.05) is 0 Å². The van der Waals surface area contributed by atoms with Gasteiger partial charge in [-0.25, -0.2) is 9.59 Å². The third kappa shape index (κ3) is 10.4. The average molecular weight is 396 g/mol. The van der Waals surface area contributed by atoms with Crippen LogP contribution in [0.5, 0.6) is 0 Å². The van der Waals surface area contributed by atoms with E-state index in [9.17, 15) is 18.0 Å². The number of carboxylic acid groups (broad SMARTS) is 1. The van der Waals surface area contributed by atoms with E-state index in [4.69, 9.17) is 15.6 Å². The normalized spacial score (nSPS) is 22.6. The Labute approximate surface area is 157 Å². The number of amides is 2. The lowest BCUT2D eigenvalue weighted by Gasteiger charge is -2.33. The van der Waals surface area contributed by atoms with Gasteiger partial charge in [0.2, 0.25) is 0 Å². The molecule has 1 aliphatic heterocycles. The molecule has 27 heavy (non-hydrogen) atoms. The van der Waals surface area contributed by atoms with Crippen LogP contribution in [0.15, 0.2) is 0 Å². The molecule has 2 aliphatic rings. The number of hydrogen-bond acceptors (Lipinski definition) is 4. The fourth-order valence-corrected chi connectivity index (χ4v) is 3.24. The Balaban J connectivity index is 0.000000445. The molecule has 1 heterocycles. The first kappa shape index (κ1) is 23.5. The minimum Gasteiger partial charge on any atom is -0.475 e. The molecule has 158 valence electrons. The maximum atomic E-state index is 11.9. The van der Waals surface area contributed by atoms with Gasteiger partial charge in [-0.15, -0.1) is 0 Å². The molecule has 2 rings (SSSR count). The molecule has 10 heteroatoms. The van der Waals surface area contributed by atoms with Crippen molar-refractivity contribution in [3.05, 3.63) is 0 Å². The third-order valence-corrected chi connectivity index (χ3v) is 4.86. The highest BCUT2D eigenvalue weighted by atomic mass is 19.4. The lowest BCUT2D eigenvalue weighted by molar-refractivity contribution is -0.192. The van der Waals surface area contributed by atoms with E-state index < -0.39 is 12.1 Å². The van der Waals surface area contributed by atoms with Gasteiger partial charge in [0, 0.05) is 24.7 Å². The van der Waals surface area contributed by atoms with Crippen molar-refractivity contribution in [3.8, 4) is 0 Å². The Morgan fingerprint density at radius 3 is 2.26 bits per heavy atom. The number of nitrogens with two attached hydrogens (primary N) is 1. The van der Waals surface area contributed by atoms with E-state index in [2.05, 4.69) is 16.0 Å². The fraction of sp³-hybridized carbons (Fsp3) is 0.882. The van der Waals surface area contributed by atoms with E-state index in [0.717, 1.165) is 25.8 Å². The molecule has 1 unspecified atom stereocenters. The highest BCUT2D eigenvalue weighted by Crippen LogP contribution is 2.25. The van der Waals surface area contributed by atoms with Crippen LogP contribution in [0, 0.1) is 0 Å². The summed E-state index contributed by atoms with van der Waals surface area (Å²) in [6.07, 6.45) is 5.57. The Morgan fingerprint density at radius 1 is 1.07 bits per heavy atom. The Hall–Kier alpha value is -1.55. The summed E-state index contributed by atoms with van der Waals surface area (Å²) in [6, 6.07) is 0.344. The first-order chi connectivity index (χ1) is 12.6. The van der Waals surface area contributed by atoms with Crippen molar-refractivity contribution < 1.29 is 27.9 Å². The van der Waals surface area contributed by atoms with Crippen molar-refractivity contribution in [2.75, 3.05) is 19.6 Å². The number of nitrogens with one attached hydrogen (secondary N) is 3. The number of hydrogen-bond donors (Lipinski definition) is 5. The van der Waals surface area contributed by atoms with E-state index in [0.29, 0.717) is 19.1 Å². The predicted molar refractivity (Wildman–Crippen MR) is 95.4 cm³/mol. The summed E-state index contributed by atoms with van der Waals surface area (Å²) in [6.45, 7) is 2.38. The van der Waals surface area contributed by atoms with Gasteiger partial charge in [0.05, 0.1) is 0 Å². The van der Waals surface area contributed by atoms with Gasteiger partial charge in [-0.05, 0) is 32.2 Å². The van der Waals surface area contributed by atoms with Crippen LogP contribution >= 0.6 is 0 Å². The van der Waals surface area contributed by atoms with Crippen molar-refractivity contribution in [3.63, 3.8) is 0 Å². The van der Waals surface area contributed by atoms with Gasteiger partial charge in [-0.1, -0.05) is 32.1 Å². The van der Waals surface area contributed by atoms with Gasteiger partial charge in [-0.2, -0.15) is 13.2 Å². The number of aliphatic carboxylic acids is 1. The zero-order chi connectivity index (χ0) is 20.3. The monoisotopic (exact) mass is 396 g/mol. The highest BCUT2D eigenvalue weighted by molar-refractivity contribution is 5.74. The number of carbonyl (C=O) groups excluding carboxylic acids is 1. The molecule has 1 saturated carbocycles. The van der Waals surface area contributed by atoms with Crippen LogP contribution in [0.25, 0.3) is 0 Å². The van der Waals surface area contributed by atoms with Crippen molar-refractivity contribution in [1.82, 2.24) is 16.0 Å².